The van der Waals surface area contributed by atoms with E-state index in [4.69, 9.17) is 9.26 Å². The van der Waals surface area contributed by atoms with E-state index in [-0.39, 0.29) is 35.5 Å². The van der Waals surface area contributed by atoms with Gasteiger partial charge < -0.3 is 24.4 Å². The number of methoxy groups -OCH3 is 1. The van der Waals surface area contributed by atoms with Crippen LogP contribution in [-0.2, 0) is 0 Å². The molecule has 0 bridgehead atoms. The number of benzene rings is 1. The molecule has 2 N–H and O–H groups in total. The predicted octanol–water partition coefficient (Wildman–Crippen LogP) is 2.22. The molecule has 8 nitrogen and oxygen atoms in total. The van der Waals surface area contributed by atoms with Crippen molar-refractivity contribution in [1.29, 1.82) is 0 Å². The summed E-state index contributed by atoms with van der Waals surface area (Å²) in [6.07, 6.45) is 2.80. The number of hydrogen-bond acceptors (Lipinski definition) is 7. The molecule has 156 valence electrons. The number of nitrogens with zero attached hydrogens (tertiary/aromatic N) is 3. The monoisotopic (exact) mass is 405 g/mol. The Labute approximate surface area is 167 Å². The minimum atomic E-state index is -1.20. The fourth-order valence-corrected chi connectivity index (χ4v) is 4.24. The summed E-state index contributed by atoms with van der Waals surface area (Å²) in [4.78, 5) is 16.0. The van der Waals surface area contributed by atoms with Gasteiger partial charge in [-0.1, -0.05) is 11.6 Å². The fraction of sp³-hybridized carbons (Fsp3) is 0.500. The number of carboxylic acids is 1. The van der Waals surface area contributed by atoms with Crippen LogP contribution in [0.4, 0.5) is 10.2 Å². The Hall–Kier alpha value is -2.65. The van der Waals surface area contributed by atoms with E-state index >= 15 is 0 Å². The van der Waals surface area contributed by atoms with Gasteiger partial charge in [-0.15, -0.1) is 0 Å². The van der Waals surface area contributed by atoms with Crippen LogP contribution in [0.25, 0.3) is 11.3 Å². The van der Waals surface area contributed by atoms with Gasteiger partial charge in [0.25, 0.3) is 0 Å². The van der Waals surface area contributed by atoms with Gasteiger partial charge in [0.1, 0.15) is 0 Å². The number of piperidine rings is 1. The molecule has 3 heterocycles. The summed E-state index contributed by atoms with van der Waals surface area (Å²) in [7, 11) is 1.33. The first-order valence-corrected chi connectivity index (χ1v) is 9.73. The molecule has 2 atom stereocenters. The summed E-state index contributed by atoms with van der Waals surface area (Å²) < 4.78 is 24.1. The Bertz CT molecular complexity index is 896. The number of aromatic carboxylic acids is 1. The molecule has 2 aliphatic heterocycles. The number of carboxylic acid groups (broad SMARTS) is 1. The molecule has 29 heavy (non-hydrogen) atoms. The van der Waals surface area contributed by atoms with Crippen LogP contribution in [0.3, 0.4) is 0 Å². The average Bonchev–Trinajstić information content (AvgIpc) is 3.33. The van der Waals surface area contributed by atoms with Crippen LogP contribution in [0, 0.1) is 5.82 Å². The average molecular weight is 405 g/mol. The van der Waals surface area contributed by atoms with Crippen LogP contribution >= 0.6 is 0 Å². The van der Waals surface area contributed by atoms with E-state index in [0.717, 1.165) is 25.9 Å². The highest BCUT2D eigenvalue weighted by atomic mass is 19.1. The van der Waals surface area contributed by atoms with Crippen LogP contribution in [0.15, 0.2) is 22.7 Å². The number of ether oxygens (including phenoxy) is 1. The lowest BCUT2D eigenvalue weighted by atomic mass is 10.1. The maximum Gasteiger partial charge on any atom is 0.343 e. The number of aromatic nitrogens is 1. The second-order valence-electron chi connectivity index (χ2n) is 7.50. The standard InChI is InChI=1S/C20H24FN3O5/c1-28-16-9-12(5-6-13(16)21)18-17(20(26)27)19(22-29-18)24-10-14(15(25)11-24)23-7-3-2-4-8-23/h5-6,9,14-15,25H,2-4,7-8,10-11H2,1H3,(H,26,27)/t14-,15-/m0/s1. The fourth-order valence-electron chi connectivity index (χ4n) is 4.24. The topological polar surface area (TPSA) is 99.3 Å². The molecule has 0 radical (unpaired) electrons. The number of halogens is 1. The highest BCUT2D eigenvalue weighted by Crippen LogP contribution is 2.35. The lowest BCUT2D eigenvalue weighted by Gasteiger charge is -2.33. The van der Waals surface area contributed by atoms with Crippen molar-refractivity contribution in [3.05, 3.63) is 29.6 Å². The number of aliphatic hydroxyl groups excluding tert-OH is 1. The molecule has 9 heteroatoms. The normalized spacial score (nSPS) is 22.8. The Morgan fingerprint density at radius 1 is 1.28 bits per heavy atom. The van der Waals surface area contributed by atoms with Crippen LogP contribution in [0.5, 0.6) is 5.75 Å². The molecule has 2 saturated heterocycles. The van der Waals surface area contributed by atoms with Crippen molar-refractivity contribution in [3.8, 4) is 17.1 Å². The van der Waals surface area contributed by atoms with Gasteiger partial charge in [0, 0.05) is 18.7 Å². The van der Waals surface area contributed by atoms with Crippen LogP contribution in [0.1, 0.15) is 29.6 Å². The van der Waals surface area contributed by atoms with Crippen molar-refractivity contribution >= 4 is 11.8 Å². The maximum atomic E-state index is 13.7. The maximum absolute atomic E-state index is 13.7. The molecular formula is C20H24FN3O5. The third-order valence-electron chi connectivity index (χ3n) is 5.72. The highest BCUT2D eigenvalue weighted by Gasteiger charge is 2.39. The van der Waals surface area contributed by atoms with Crippen molar-refractivity contribution in [3.63, 3.8) is 0 Å². The molecule has 0 aliphatic carbocycles. The van der Waals surface area contributed by atoms with Crippen molar-refractivity contribution < 1.29 is 28.7 Å². The van der Waals surface area contributed by atoms with Gasteiger partial charge in [0.2, 0.25) is 0 Å². The first-order chi connectivity index (χ1) is 14.0. The van der Waals surface area contributed by atoms with E-state index in [2.05, 4.69) is 10.1 Å². The van der Waals surface area contributed by atoms with E-state index in [1.54, 1.807) is 4.90 Å². The number of carbonyl (C=O) groups is 1. The highest BCUT2D eigenvalue weighted by molar-refractivity contribution is 5.99. The van der Waals surface area contributed by atoms with Gasteiger partial charge in [-0.05, 0) is 44.1 Å². The molecule has 2 fully saturated rings. The van der Waals surface area contributed by atoms with E-state index in [0.29, 0.717) is 12.1 Å². The Balaban J connectivity index is 1.64. The second kappa shape index (κ2) is 8.00. The summed E-state index contributed by atoms with van der Waals surface area (Å²) in [6, 6.07) is 3.92. The lowest BCUT2D eigenvalue weighted by Crippen LogP contribution is -2.45. The third-order valence-corrected chi connectivity index (χ3v) is 5.72. The number of β-amino-alcohol motifs (C(OH)–C–C–N with tert-alkyl or cyclic N) is 1. The van der Waals surface area contributed by atoms with E-state index in [1.807, 2.05) is 0 Å². The number of hydrogen-bond donors (Lipinski definition) is 2. The van der Waals surface area contributed by atoms with Gasteiger partial charge in [-0.3, -0.25) is 4.90 Å². The third kappa shape index (κ3) is 3.67. The summed E-state index contributed by atoms with van der Waals surface area (Å²) in [6.45, 7) is 2.61. The second-order valence-corrected chi connectivity index (χ2v) is 7.50. The Morgan fingerprint density at radius 2 is 2.03 bits per heavy atom. The number of aliphatic hydroxyl groups is 1. The molecule has 2 aromatic rings. The summed E-state index contributed by atoms with van der Waals surface area (Å²) in [5.41, 5.74) is 0.247. The van der Waals surface area contributed by atoms with Gasteiger partial charge in [0.15, 0.2) is 28.7 Å². The van der Waals surface area contributed by atoms with Gasteiger partial charge in [-0.2, -0.15) is 0 Å². The molecule has 1 aromatic heterocycles. The Kier molecular flexibility index (Phi) is 5.42. The number of likely N-dealkylation sites (tertiary alicyclic amines) is 1. The molecule has 0 saturated carbocycles. The number of anilines is 1. The first-order valence-electron chi connectivity index (χ1n) is 9.73. The quantitative estimate of drug-likeness (QED) is 0.781. The molecule has 2 aliphatic rings. The minimum Gasteiger partial charge on any atom is -0.494 e. The van der Waals surface area contributed by atoms with Crippen LogP contribution < -0.4 is 9.64 Å². The van der Waals surface area contributed by atoms with E-state index < -0.39 is 17.9 Å². The largest absolute Gasteiger partial charge is 0.494 e. The van der Waals surface area contributed by atoms with E-state index in [1.165, 1.54) is 31.7 Å². The first kappa shape index (κ1) is 19.7. The molecule has 1 aromatic carbocycles. The molecule has 4 rings (SSSR count). The van der Waals surface area contributed by atoms with Crippen LogP contribution in [0.2, 0.25) is 0 Å². The summed E-state index contributed by atoms with van der Waals surface area (Å²) >= 11 is 0. The lowest BCUT2D eigenvalue weighted by molar-refractivity contribution is 0.0696. The van der Waals surface area contributed by atoms with Gasteiger partial charge in [0.05, 0.1) is 19.3 Å². The van der Waals surface area contributed by atoms with E-state index in [9.17, 15) is 19.4 Å². The zero-order valence-corrected chi connectivity index (χ0v) is 16.2. The predicted molar refractivity (Wildman–Crippen MR) is 103 cm³/mol. The molecule has 0 spiro atoms. The van der Waals surface area contributed by atoms with Crippen molar-refractivity contribution in [2.75, 3.05) is 38.2 Å². The molecule has 0 unspecified atom stereocenters. The summed E-state index contributed by atoms with van der Waals surface area (Å²) in [5, 5.41) is 24.4. The molecule has 0 amide bonds. The summed E-state index contributed by atoms with van der Waals surface area (Å²) in [5.74, 6) is -1.56. The van der Waals surface area contributed by atoms with Crippen molar-refractivity contribution in [1.82, 2.24) is 10.1 Å². The van der Waals surface area contributed by atoms with Crippen LogP contribution in [-0.4, -0.2) is 71.7 Å². The molecular weight excluding hydrogens is 381 g/mol. The van der Waals surface area contributed by atoms with Crippen molar-refractivity contribution in [2.45, 2.75) is 31.4 Å². The number of rotatable bonds is 5. The SMILES string of the molecule is COc1cc(-c2onc(N3C[C@H](O)[C@@H](N4CCCCC4)C3)c2C(=O)O)ccc1F. The van der Waals surface area contributed by atoms with Crippen molar-refractivity contribution in [2.24, 2.45) is 0 Å². The zero-order valence-electron chi connectivity index (χ0n) is 16.2. The van der Waals surface area contributed by atoms with Gasteiger partial charge in [-0.25, -0.2) is 9.18 Å². The Morgan fingerprint density at radius 3 is 2.72 bits per heavy atom. The zero-order chi connectivity index (χ0) is 20.5. The van der Waals surface area contributed by atoms with Gasteiger partial charge >= 0.3 is 5.97 Å². The smallest absolute Gasteiger partial charge is 0.343 e. The minimum absolute atomic E-state index is 0.0152.